The summed E-state index contributed by atoms with van der Waals surface area (Å²) in [6.07, 6.45) is -5.52. The molecule has 1 aliphatic rings. The number of halogens is 3. The Balaban J connectivity index is 2.58. The maximum Gasteiger partial charge on any atom is 0.406 e. The molecule has 0 aromatic rings. The highest BCUT2D eigenvalue weighted by atomic mass is 19.4. The second-order valence-electron chi connectivity index (χ2n) is 3.53. The second-order valence-corrected chi connectivity index (χ2v) is 3.53. The number of carbonyl (C=O) groups excluding carboxylic acids is 1. The predicted molar refractivity (Wildman–Crippen MR) is 50.3 cm³/mol. The summed E-state index contributed by atoms with van der Waals surface area (Å²) in [5.41, 5.74) is 0. The second kappa shape index (κ2) is 6.18. The van der Waals surface area contributed by atoms with Crippen LogP contribution < -0.4 is 0 Å². The number of nitrogens with zero attached hydrogens (tertiary/aromatic N) is 1. The normalized spacial score (nSPS) is 21.3. The van der Waals surface area contributed by atoms with Crippen molar-refractivity contribution in [2.45, 2.75) is 12.3 Å². The van der Waals surface area contributed by atoms with Gasteiger partial charge in [-0.25, -0.2) is 0 Å². The van der Waals surface area contributed by atoms with Gasteiger partial charge in [0.2, 0.25) is 0 Å². The average molecular weight is 257 g/mol. The van der Waals surface area contributed by atoms with Gasteiger partial charge in [0.05, 0.1) is 26.4 Å². The lowest BCUT2D eigenvalue weighted by Gasteiger charge is -2.29. The van der Waals surface area contributed by atoms with Crippen molar-refractivity contribution in [2.24, 2.45) is 0 Å². The summed E-state index contributed by atoms with van der Waals surface area (Å²) in [6, 6.07) is 0. The minimum atomic E-state index is -4.50. The van der Waals surface area contributed by atoms with Gasteiger partial charge in [0.15, 0.2) is 6.10 Å². The van der Waals surface area contributed by atoms with Crippen molar-refractivity contribution in [3.63, 3.8) is 0 Å². The van der Waals surface area contributed by atoms with Gasteiger partial charge in [0.1, 0.15) is 6.54 Å². The quantitative estimate of drug-likeness (QED) is 0.756. The number of hydrogen-bond acceptors (Lipinski definition) is 4. The number of aliphatic hydroxyl groups excluding tert-OH is 1. The van der Waals surface area contributed by atoms with E-state index >= 15 is 0 Å². The highest BCUT2D eigenvalue weighted by molar-refractivity contribution is 5.81. The van der Waals surface area contributed by atoms with E-state index in [0.29, 0.717) is 11.5 Å². The van der Waals surface area contributed by atoms with Gasteiger partial charge in [-0.2, -0.15) is 13.2 Å². The summed E-state index contributed by atoms with van der Waals surface area (Å²) in [7, 11) is 0. The van der Waals surface area contributed by atoms with Gasteiger partial charge in [-0.3, -0.25) is 4.79 Å². The molecule has 1 fully saturated rings. The van der Waals surface area contributed by atoms with E-state index in [-0.39, 0.29) is 19.8 Å². The molecule has 1 N–H and O–H groups in total. The summed E-state index contributed by atoms with van der Waals surface area (Å²) in [5.74, 6) is -0.809. The molecule has 1 saturated heterocycles. The average Bonchev–Trinajstić information content (AvgIpc) is 2.27. The topological polar surface area (TPSA) is 59.0 Å². The van der Waals surface area contributed by atoms with E-state index in [0.717, 1.165) is 0 Å². The minimum Gasteiger partial charge on any atom is -0.395 e. The van der Waals surface area contributed by atoms with E-state index in [2.05, 4.69) is 0 Å². The molecule has 0 aromatic heterocycles. The molecule has 1 amide bonds. The van der Waals surface area contributed by atoms with Crippen molar-refractivity contribution < 1.29 is 32.5 Å². The van der Waals surface area contributed by atoms with Gasteiger partial charge in [-0.05, 0) is 0 Å². The lowest BCUT2D eigenvalue weighted by molar-refractivity contribution is -0.177. The minimum absolute atomic E-state index is 0.0569. The molecule has 0 aliphatic carbocycles. The molecule has 1 atom stereocenters. The number of carbonyl (C=O) groups is 1. The van der Waals surface area contributed by atoms with Crippen LogP contribution in [-0.2, 0) is 14.3 Å². The van der Waals surface area contributed by atoms with Gasteiger partial charge in [-0.1, -0.05) is 0 Å². The Morgan fingerprint density at radius 2 is 2.12 bits per heavy atom. The van der Waals surface area contributed by atoms with Crippen molar-refractivity contribution in [3.05, 3.63) is 0 Å². The van der Waals surface area contributed by atoms with E-state index < -0.39 is 31.3 Å². The van der Waals surface area contributed by atoms with Crippen molar-refractivity contribution >= 4 is 5.91 Å². The fourth-order valence-electron chi connectivity index (χ4n) is 1.44. The van der Waals surface area contributed by atoms with Crippen LogP contribution in [0.15, 0.2) is 0 Å². The standard InChI is InChI=1S/C9H14F3NO4/c10-9(11,12)6-13(1-2-14)8(15)7-5-16-3-4-17-7/h7,14H,1-6H2. The summed E-state index contributed by atoms with van der Waals surface area (Å²) >= 11 is 0. The Morgan fingerprint density at radius 3 is 2.59 bits per heavy atom. The van der Waals surface area contributed by atoms with Crippen molar-refractivity contribution in [2.75, 3.05) is 39.5 Å². The summed E-state index contributed by atoms with van der Waals surface area (Å²) < 4.78 is 46.6. The van der Waals surface area contributed by atoms with E-state index in [1.54, 1.807) is 0 Å². The molecule has 1 heterocycles. The van der Waals surface area contributed by atoms with Crippen LogP contribution in [0.2, 0.25) is 0 Å². The van der Waals surface area contributed by atoms with Crippen LogP contribution in [0.1, 0.15) is 0 Å². The van der Waals surface area contributed by atoms with Crippen molar-refractivity contribution in [1.29, 1.82) is 0 Å². The summed E-state index contributed by atoms with van der Waals surface area (Å²) in [6.45, 7) is -1.86. The van der Waals surface area contributed by atoms with Crippen LogP contribution in [0.3, 0.4) is 0 Å². The van der Waals surface area contributed by atoms with Crippen LogP contribution in [0, 0.1) is 0 Å². The van der Waals surface area contributed by atoms with E-state index in [9.17, 15) is 18.0 Å². The van der Waals surface area contributed by atoms with Crippen LogP contribution in [0.25, 0.3) is 0 Å². The fraction of sp³-hybridized carbons (Fsp3) is 0.889. The highest BCUT2D eigenvalue weighted by Crippen LogP contribution is 2.17. The van der Waals surface area contributed by atoms with E-state index in [1.807, 2.05) is 0 Å². The molecule has 0 bridgehead atoms. The monoisotopic (exact) mass is 257 g/mol. The fourth-order valence-corrected chi connectivity index (χ4v) is 1.44. The Hall–Kier alpha value is -0.860. The molecule has 0 radical (unpaired) electrons. The largest absolute Gasteiger partial charge is 0.406 e. The number of rotatable bonds is 4. The first kappa shape index (κ1) is 14.2. The Labute approximate surface area is 96.1 Å². The van der Waals surface area contributed by atoms with Crippen LogP contribution in [0.5, 0.6) is 0 Å². The van der Waals surface area contributed by atoms with Crippen molar-refractivity contribution in [3.8, 4) is 0 Å². The Bertz CT molecular complexity index is 253. The predicted octanol–water partition coefficient (Wildman–Crippen LogP) is -0.215. The number of amides is 1. The lowest BCUT2D eigenvalue weighted by Crippen LogP contribution is -2.49. The van der Waals surface area contributed by atoms with E-state index in [4.69, 9.17) is 14.6 Å². The van der Waals surface area contributed by atoms with Crippen LogP contribution >= 0.6 is 0 Å². The highest BCUT2D eigenvalue weighted by Gasteiger charge is 2.36. The summed E-state index contributed by atoms with van der Waals surface area (Å²) in [5, 5.41) is 8.65. The SMILES string of the molecule is O=C(C1COCCO1)N(CCO)CC(F)(F)F. The van der Waals surface area contributed by atoms with Gasteiger partial charge in [0.25, 0.3) is 5.91 Å². The molecule has 100 valence electrons. The number of aliphatic hydroxyl groups is 1. The first-order chi connectivity index (χ1) is 7.94. The summed E-state index contributed by atoms with van der Waals surface area (Å²) in [4.78, 5) is 12.2. The number of alkyl halides is 3. The zero-order chi connectivity index (χ0) is 12.9. The number of hydrogen-bond donors (Lipinski definition) is 1. The van der Waals surface area contributed by atoms with Crippen LogP contribution in [-0.4, -0.2) is 67.7 Å². The molecule has 1 rings (SSSR count). The first-order valence-electron chi connectivity index (χ1n) is 5.10. The third-order valence-corrected chi connectivity index (χ3v) is 2.14. The molecule has 0 spiro atoms. The molecule has 0 aromatic carbocycles. The zero-order valence-electron chi connectivity index (χ0n) is 9.07. The molecule has 8 heteroatoms. The Morgan fingerprint density at radius 1 is 1.41 bits per heavy atom. The van der Waals surface area contributed by atoms with Crippen LogP contribution in [0.4, 0.5) is 13.2 Å². The van der Waals surface area contributed by atoms with Gasteiger partial charge < -0.3 is 19.5 Å². The van der Waals surface area contributed by atoms with Gasteiger partial charge in [0, 0.05) is 6.54 Å². The van der Waals surface area contributed by atoms with Gasteiger partial charge in [-0.15, -0.1) is 0 Å². The first-order valence-corrected chi connectivity index (χ1v) is 5.10. The van der Waals surface area contributed by atoms with Crippen molar-refractivity contribution in [1.82, 2.24) is 4.90 Å². The lowest BCUT2D eigenvalue weighted by atomic mass is 10.3. The van der Waals surface area contributed by atoms with E-state index in [1.165, 1.54) is 0 Å². The smallest absolute Gasteiger partial charge is 0.395 e. The molecular weight excluding hydrogens is 243 g/mol. The molecule has 0 saturated carbocycles. The molecule has 1 aliphatic heterocycles. The molecular formula is C9H14F3NO4. The Kier molecular flexibility index (Phi) is 5.16. The third kappa shape index (κ3) is 4.88. The maximum absolute atomic E-state index is 12.2. The maximum atomic E-state index is 12.2. The zero-order valence-corrected chi connectivity index (χ0v) is 9.07. The molecule has 17 heavy (non-hydrogen) atoms. The number of ether oxygens (including phenoxy) is 2. The molecule has 1 unspecified atom stereocenters. The molecule has 5 nitrogen and oxygen atoms in total. The third-order valence-electron chi connectivity index (χ3n) is 2.14. The van der Waals surface area contributed by atoms with Gasteiger partial charge >= 0.3 is 6.18 Å².